The average Bonchev–Trinajstić information content (AvgIpc) is 3.39. The molecule has 1 fully saturated rings. The van der Waals surface area contributed by atoms with E-state index < -0.39 is 0 Å². The smallest absolute Gasteiger partial charge is 0.257 e. The number of nitrogens with one attached hydrogen (secondary N) is 2. The van der Waals surface area contributed by atoms with Crippen molar-refractivity contribution in [2.75, 3.05) is 24.1 Å². The number of amides is 1. The molecule has 1 aliphatic heterocycles. The van der Waals surface area contributed by atoms with Gasteiger partial charge in [0.15, 0.2) is 10.8 Å². The Balaban J connectivity index is 1.48. The van der Waals surface area contributed by atoms with Crippen LogP contribution < -0.4 is 16.4 Å². The highest BCUT2D eigenvalue weighted by molar-refractivity contribution is 7.15. The standard InChI is InChI=1S/C21H22N8OS/c1-12-9-24-21(31-12)27-20(30)14-6-4-13(5-7-14)17-16-18(22)25-11-26-19(16)29(28-17)15-3-2-8-23-10-15/h4-7,9,11,15,23H,2-3,8,10H2,1H3,(H2,22,25,26)(H,24,27,30). The summed E-state index contributed by atoms with van der Waals surface area (Å²) in [6, 6.07) is 7.52. The number of fused-ring (bicyclic) bond motifs is 1. The molecule has 1 aromatic carbocycles. The van der Waals surface area contributed by atoms with Gasteiger partial charge < -0.3 is 11.1 Å². The molecule has 0 spiro atoms. The van der Waals surface area contributed by atoms with E-state index in [1.807, 2.05) is 23.7 Å². The van der Waals surface area contributed by atoms with Gasteiger partial charge in [-0.3, -0.25) is 10.1 Å². The van der Waals surface area contributed by atoms with Gasteiger partial charge >= 0.3 is 0 Å². The zero-order valence-corrected chi connectivity index (χ0v) is 17.8. The maximum atomic E-state index is 12.5. The Morgan fingerprint density at radius 2 is 2.10 bits per heavy atom. The van der Waals surface area contributed by atoms with E-state index in [0.717, 1.165) is 53.1 Å². The first-order valence-electron chi connectivity index (χ1n) is 10.1. The van der Waals surface area contributed by atoms with Crippen molar-refractivity contribution in [3.05, 3.63) is 47.2 Å². The Morgan fingerprint density at radius 1 is 1.26 bits per heavy atom. The number of aromatic nitrogens is 5. The summed E-state index contributed by atoms with van der Waals surface area (Å²) < 4.78 is 1.96. The van der Waals surface area contributed by atoms with Crippen LogP contribution in [-0.4, -0.2) is 43.7 Å². The number of nitrogens with zero attached hydrogens (tertiary/aromatic N) is 5. The van der Waals surface area contributed by atoms with Crippen molar-refractivity contribution in [3.8, 4) is 11.3 Å². The van der Waals surface area contributed by atoms with E-state index in [1.165, 1.54) is 17.7 Å². The summed E-state index contributed by atoms with van der Waals surface area (Å²) in [6.07, 6.45) is 5.33. The van der Waals surface area contributed by atoms with Crippen molar-refractivity contribution in [2.45, 2.75) is 25.8 Å². The number of anilines is 2. The quantitative estimate of drug-likeness (QED) is 0.451. The predicted molar refractivity (Wildman–Crippen MR) is 121 cm³/mol. The van der Waals surface area contributed by atoms with E-state index in [9.17, 15) is 4.79 Å². The Bertz CT molecular complexity index is 1240. The van der Waals surface area contributed by atoms with Crippen LogP contribution in [-0.2, 0) is 0 Å². The third-order valence-electron chi connectivity index (χ3n) is 5.40. The highest BCUT2D eigenvalue weighted by Gasteiger charge is 2.23. The SMILES string of the molecule is Cc1cnc(NC(=O)c2ccc(-c3nn(C4CCCNC4)c4ncnc(N)c34)cc2)s1. The number of nitrogen functional groups attached to an aromatic ring is 1. The van der Waals surface area contributed by atoms with Crippen LogP contribution in [0.1, 0.15) is 34.1 Å². The molecule has 0 radical (unpaired) electrons. The van der Waals surface area contributed by atoms with Gasteiger partial charge in [-0.1, -0.05) is 12.1 Å². The van der Waals surface area contributed by atoms with Crippen LogP contribution in [0.3, 0.4) is 0 Å². The van der Waals surface area contributed by atoms with Gasteiger partial charge in [-0.15, -0.1) is 11.3 Å². The van der Waals surface area contributed by atoms with Gasteiger partial charge in [0.1, 0.15) is 17.8 Å². The minimum atomic E-state index is -0.201. The molecule has 4 heterocycles. The van der Waals surface area contributed by atoms with Crippen LogP contribution in [0.15, 0.2) is 36.8 Å². The molecule has 5 rings (SSSR count). The van der Waals surface area contributed by atoms with Gasteiger partial charge in [-0.2, -0.15) is 5.10 Å². The lowest BCUT2D eigenvalue weighted by Crippen LogP contribution is -2.32. The third kappa shape index (κ3) is 3.75. The van der Waals surface area contributed by atoms with E-state index in [2.05, 4.69) is 25.6 Å². The number of hydrogen-bond donors (Lipinski definition) is 3. The Labute approximate surface area is 182 Å². The molecule has 31 heavy (non-hydrogen) atoms. The molecule has 158 valence electrons. The number of rotatable bonds is 4. The van der Waals surface area contributed by atoms with E-state index in [0.29, 0.717) is 16.5 Å². The van der Waals surface area contributed by atoms with Gasteiger partial charge in [0.05, 0.1) is 11.4 Å². The lowest BCUT2D eigenvalue weighted by atomic mass is 10.1. The molecule has 1 amide bonds. The second kappa shape index (κ2) is 8.05. The topological polar surface area (TPSA) is 124 Å². The first-order chi connectivity index (χ1) is 15.1. The fourth-order valence-electron chi connectivity index (χ4n) is 3.86. The van der Waals surface area contributed by atoms with Crippen LogP contribution in [0.5, 0.6) is 0 Å². The number of carbonyl (C=O) groups is 1. The van der Waals surface area contributed by atoms with Crippen LogP contribution in [0.25, 0.3) is 22.3 Å². The Hall–Kier alpha value is -3.37. The van der Waals surface area contributed by atoms with E-state index in [4.69, 9.17) is 10.8 Å². The summed E-state index contributed by atoms with van der Waals surface area (Å²) in [5.41, 5.74) is 9.07. The van der Waals surface area contributed by atoms with Gasteiger partial charge in [-0.05, 0) is 38.4 Å². The zero-order valence-electron chi connectivity index (χ0n) is 17.0. The highest BCUT2D eigenvalue weighted by atomic mass is 32.1. The monoisotopic (exact) mass is 434 g/mol. The molecule has 1 unspecified atom stereocenters. The van der Waals surface area contributed by atoms with Crippen LogP contribution in [0.2, 0.25) is 0 Å². The number of carbonyl (C=O) groups excluding carboxylic acids is 1. The van der Waals surface area contributed by atoms with Crippen LogP contribution in [0, 0.1) is 6.92 Å². The van der Waals surface area contributed by atoms with Gasteiger partial charge in [0.25, 0.3) is 5.91 Å². The van der Waals surface area contributed by atoms with Crippen LogP contribution >= 0.6 is 11.3 Å². The van der Waals surface area contributed by atoms with Crippen molar-refractivity contribution in [3.63, 3.8) is 0 Å². The molecule has 1 saturated heterocycles. The number of piperidine rings is 1. The Morgan fingerprint density at radius 3 is 2.81 bits per heavy atom. The van der Waals surface area contributed by atoms with E-state index in [-0.39, 0.29) is 11.9 Å². The summed E-state index contributed by atoms with van der Waals surface area (Å²) in [7, 11) is 0. The highest BCUT2D eigenvalue weighted by Crippen LogP contribution is 2.33. The predicted octanol–water partition coefficient (Wildman–Crippen LogP) is 3.02. The normalized spacial score (nSPS) is 16.5. The number of benzene rings is 1. The number of nitrogens with two attached hydrogens (primary N) is 1. The van der Waals surface area contributed by atoms with E-state index in [1.54, 1.807) is 18.3 Å². The van der Waals surface area contributed by atoms with Crippen molar-refractivity contribution in [1.29, 1.82) is 0 Å². The number of thiazole rings is 1. The minimum Gasteiger partial charge on any atom is -0.383 e. The number of aryl methyl sites for hydroxylation is 1. The first kappa shape index (κ1) is 19.6. The van der Waals surface area contributed by atoms with Gasteiger partial charge in [0.2, 0.25) is 0 Å². The van der Waals surface area contributed by atoms with Crippen molar-refractivity contribution < 1.29 is 4.79 Å². The van der Waals surface area contributed by atoms with Crippen LogP contribution in [0.4, 0.5) is 10.9 Å². The lowest BCUT2D eigenvalue weighted by molar-refractivity contribution is 0.102. The minimum absolute atomic E-state index is 0.201. The molecule has 0 aliphatic carbocycles. The van der Waals surface area contributed by atoms with Crippen molar-refractivity contribution >= 4 is 39.2 Å². The van der Waals surface area contributed by atoms with Gasteiger partial charge in [0, 0.05) is 28.7 Å². The second-order valence-corrected chi connectivity index (χ2v) is 8.79. The summed E-state index contributed by atoms with van der Waals surface area (Å²) in [6.45, 7) is 3.81. The molecule has 4 aromatic rings. The summed E-state index contributed by atoms with van der Waals surface area (Å²) >= 11 is 1.44. The maximum Gasteiger partial charge on any atom is 0.257 e. The molecular weight excluding hydrogens is 412 g/mol. The molecule has 0 bridgehead atoms. The Kier molecular flexibility index (Phi) is 5.08. The molecule has 1 atom stereocenters. The molecule has 4 N–H and O–H groups in total. The molecule has 0 saturated carbocycles. The molecular formula is C21H22N8OS. The van der Waals surface area contributed by atoms with Crippen molar-refractivity contribution in [1.82, 2.24) is 30.0 Å². The van der Waals surface area contributed by atoms with Gasteiger partial charge in [-0.25, -0.2) is 19.6 Å². The molecule has 3 aromatic heterocycles. The fourth-order valence-corrected chi connectivity index (χ4v) is 4.52. The average molecular weight is 435 g/mol. The summed E-state index contributed by atoms with van der Waals surface area (Å²) in [4.78, 5) is 26.4. The second-order valence-electron chi connectivity index (χ2n) is 7.56. The fraction of sp³-hybridized carbons (Fsp3) is 0.286. The zero-order chi connectivity index (χ0) is 21.4. The lowest BCUT2D eigenvalue weighted by Gasteiger charge is -2.23. The van der Waals surface area contributed by atoms with E-state index >= 15 is 0 Å². The molecule has 10 heteroatoms. The molecule has 9 nitrogen and oxygen atoms in total. The third-order valence-corrected chi connectivity index (χ3v) is 6.23. The first-order valence-corrected chi connectivity index (χ1v) is 11.0. The summed E-state index contributed by atoms with van der Waals surface area (Å²) in [5, 5.41) is 12.4. The summed E-state index contributed by atoms with van der Waals surface area (Å²) in [5.74, 6) is 0.198. The molecule has 1 aliphatic rings. The maximum absolute atomic E-state index is 12.5. The number of hydrogen-bond acceptors (Lipinski definition) is 8. The largest absolute Gasteiger partial charge is 0.383 e. The van der Waals surface area contributed by atoms with Crippen molar-refractivity contribution in [2.24, 2.45) is 0 Å².